The lowest BCUT2D eigenvalue weighted by atomic mass is 9.92. The van der Waals surface area contributed by atoms with E-state index >= 15 is 0 Å². The number of hydrogen-bond donors (Lipinski definition) is 0. The van der Waals surface area contributed by atoms with Gasteiger partial charge in [0.05, 0.1) is 0 Å². The van der Waals surface area contributed by atoms with Crippen LogP contribution in [0, 0.1) is 5.92 Å². The third kappa shape index (κ3) is 2.85. The molecule has 3 rings (SSSR count). The summed E-state index contributed by atoms with van der Waals surface area (Å²) in [5, 5.41) is 0. The summed E-state index contributed by atoms with van der Waals surface area (Å²) in [4.78, 5) is 14.4. The van der Waals surface area contributed by atoms with Crippen molar-refractivity contribution in [2.24, 2.45) is 5.92 Å². The van der Waals surface area contributed by atoms with Crippen molar-refractivity contribution in [1.82, 2.24) is 4.90 Å². The van der Waals surface area contributed by atoms with E-state index in [4.69, 9.17) is 9.47 Å². The lowest BCUT2D eigenvalue weighted by Crippen LogP contribution is -2.31. The maximum Gasteiger partial charge on any atom is 0.231 e. The zero-order chi connectivity index (χ0) is 14.8. The average molecular weight is 289 g/mol. The minimum atomic E-state index is 0.100. The molecule has 4 heteroatoms. The number of unbranched alkanes of at least 4 members (excludes halogenated alkanes) is 2. The molecule has 0 N–H and O–H groups in total. The topological polar surface area (TPSA) is 38.8 Å². The van der Waals surface area contributed by atoms with Crippen LogP contribution in [0.2, 0.25) is 0 Å². The molecule has 2 aliphatic rings. The summed E-state index contributed by atoms with van der Waals surface area (Å²) in [7, 11) is 1.90. The van der Waals surface area contributed by atoms with Crippen molar-refractivity contribution in [1.29, 1.82) is 0 Å². The zero-order valence-corrected chi connectivity index (χ0v) is 12.9. The largest absolute Gasteiger partial charge is 0.454 e. The molecule has 1 unspecified atom stereocenters. The molecule has 1 aromatic rings. The Kier molecular flexibility index (Phi) is 4.04. The zero-order valence-electron chi connectivity index (χ0n) is 12.9. The van der Waals surface area contributed by atoms with E-state index in [1.165, 1.54) is 24.0 Å². The predicted molar refractivity (Wildman–Crippen MR) is 80.4 cm³/mol. The average Bonchev–Trinajstić information content (AvgIpc) is 2.88. The maximum atomic E-state index is 12.5. The van der Waals surface area contributed by atoms with Gasteiger partial charge in [0, 0.05) is 19.5 Å². The Balaban J connectivity index is 1.84. The molecule has 0 saturated heterocycles. The fraction of sp³-hybridized carbons (Fsp3) is 0.588. The molecule has 0 spiro atoms. The van der Waals surface area contributed by atoms with Crippen molar-refractivity contribution >= 4 is 5.91 Å². The molecular weight excluding hydrogens is 266 g/mol. The van der Waals surface area contributed by atoms with E-state index in [9.17, 15) is 4.79 Å². The van der Waals surface area contributed by atoms with Gasteiger partial charge < -0.3 is 14.4 Å². The number of benzene rings is 1. The van der Waals surface area contributed by atoms with E-state index in [1.54, 1.807) is 0 Å². The Hall–Kier alpha value is -1.71. The number of carbonyl (C=O) groups is 1. The molecule has 4 nitrogen and oxygen atoms in total. The van der Waals surface area contributed by atoms with Crippen LogP contribution in [-0.4, -0.2) is 24.6 Å². The quantitative estimate of drug-likeness (QED) is 0.799. The van der Waals surface area contributed by atoms with Crippen LogP contribution >= 0.6 is 0 Å². The van der Waals surface area contributed by atoms with E-state index in [2.05, 4.69) is 13.0 Å². The fourth-order valence-electron chi connectivity index (χ4n) is 3.23. The number of carbonyl (C=O) groups excluding carboxylic acids is 1. The summed E-state index contributed by atoms with van der Waals surface area (Å²) in [5.41, 5.74) is 2.42. The summed E-state index contributed by atoms with van der Waals surface area (Å²) in [5.74, 6) is 1.99. The molecule has 0 fully saturated rings. The molecular formula is C17H23NO3. The minimum absolute atomic E-state index is 0.100. The van der Waals surface area contributed by atoms with Gasteiger partial charge in [0.25, 0.3) is 0 Å². The standard InChI is InChI=1S/C17H23NO3/c1-3-4-5-6-12-7-13-8-15-16(21-11-20-15)9-14(13)10-18(2)17(12)19/h8-9,12H,3-7,10-11H2,1-2H3. The lowest BCUT2D eigenvalue weighted by Gasteiger charge is -2.19. The number of fused-ring (bicyclic) bond motifs is 2. The minimum Gasteiger partial charge on any atom is -0.454 e. The van der Waals surface area contributed by atoms with Crippen LogP contribution < -0.4 is 9.47 Å². The first-order valence-electron chi connectivity index (χ1n) is 7.85. The van der Waals surface area contributed by atoms with Gasteiger partial charge in [-0.2, -0.15) is 0 Å². The Morgan fingerprint density at radius 2 is 1.90 bits per heavy atom. The SMILES string of the molecule is CCCCCC1Cc2cc3c(cc2CN(C)C1=O)OCO3. The summed E-state index contributed by atoms with van der Waals surface area (Å²) >= 11 is 0. The van der Waals surface area contributed by atoms with Crippen molar-refractivity contribution in [3.8, 4) is 11.5 Å². The van der Waals surface area contributed by atoms with Crippen molar-refractivity contribution in [3.63, 3.8) is 0 Å². The van der Waals surface area contributed by atoms with Crippen LogP contribution in [0.3, 0.4) is 0 Å². The Morgan fingerprint density at radius 3 is 2.62 bits per heavy atom. The predicted octanol–water partition coefficient (Wildman–Crippen LogP) is 3.13. The molecule has 1 atom stereocenters. The number of rotatable bonds is 4. The fourth-order valence-corrected chi connectivity index (χ4v) is 3.23. The van der Waals surface area contributed by atoms with Crippen molar-refractivity contribution in [2.75, 3.05) is 13.8 Å². The third-order valence-corrected chi connectivity index (χ3v) is 4.45. The third-order valence-electron chi connectivity index (χ3n) is 4.45. The summed E-state index contributed by atoms with van der Waals surface area (Å²) in [6.45, 7) is 3.15. The molecule has 2 heterocycles. The highest BCUT2D eigenvalue weighted by molar-refractivity contribution is 5.79. The van der Waals surface area contributed by atoms with Crippen molar-refractivity contribution in [2.45, 2.75) is 45.6 Å². The summed E-state index contributed by atoms with van der Waals surface area (Å²) < 4.78 is 10.9. The van der Waals surface area contributed by atoms with Gasteiger partial charge in [0.2, 0.25) is 12.7 Å². The number of amides is 1. The van der Waals surface area contributed by atoms with E-state index in [1.807, 2.05) is 18.0 Å². The van der Waals surface area contributed by atoms with Gasteiger partial charge in [0.15, 0.2) is 11.5 Å². The molecule has 1 aromatic carbocycles. The highest BCUT2D eigenvalue weighted by atomic mass is 16.7. The maximum absolute atomic E-state index is 12.5. The van der Waals surface area contributed by atoms with Gasteiger partial charge in [-0.1, -0.05) is 26.2 Å². The second-order valence-electron chi connectivity index (χ2n) is 6.07. The highest BCUT2D eigenvalue weighted by Crippen LogP contribution is 2.37. The second kappa shape index (κ2) is 5.96. The van der Waals surface area contributed by atoms with Gasteiger partial charge in [-0.15, -0.1) is 0 Å². The monoisotopic (exact) mass is 289 g/mol. The van der Waals surface area contributed by atoms with E-state index in [-0.39, 0.29) is 11.8 Å². The van der Waals surface area contributed by atoms with Gasteiger partial charge in [0.1, 0.15) is 0 Å². The van der Waals surface area contributed by atoms with Crippen LogP contribution in [0.1, 0.15) is 43.7 Å². The first kappa shape index (κ1) is 14.2. The van der Waals surface area contributed by atoms with Gasteiger partial charge in [-0.25, -0.2) is 0 Å². The van der Waals surface area contributed by atoms with Crippen LogP contribution in [0.5, 0.6) is 11.5 Å². The van der Waals surface area contributed by atoms with Gasteiger partial charge >= 0.3 is 0 Å². The van der Waals surface area contributed by atoms with E-state index in [0.717, 1.165) is 30.8 Å². The molecule has 0 radical (unpaired) electrons. The van der Waals surface area contributed by atoms with Crippen LogP contribution in [0.15, 0.2) is 12.1 Å². The first-order valence-corrected chi connectivity index (χ1v) is 7.85. The lowest BCUT2D eigenvalue weighted by molar-refractivity contribution is -0.134. The van der Waals surface area contributed by atoms with Crippen molar-refractivity contribution in [3.05, 3.63) is 23.3 Å². The molecule has 114 valence electrons. The molecule has 2 aliphatic heterocycles. The Bertz CT molecular complexity index is 541. The van der Waals surface area contributed by atoms with Gasteiger partial charge in [-0.3, -0.25) is 4.79 Å². The Morgan fingerprint density at radius 1 is 1.19 bits per heavy atom. The molecule has 1 amide bonds. The van der Waals surface area contributed by atoms with Gasteiger partial charge in [-0.05, 0) is 36.1 Å². The normalized spacial score (nSPS) is 20.4. The Labute approximate surface area is 126 Å². The second-order valence-corrected chi connectivity index (χ2v) is 6.07. The number of nitrogens with zero attached hydrogens (tertiary/aromatic N) is 1. The molecule has 0 aliphatic carbocycles. The summed E-state index contributed by atoms with van der Waals surface area (Å²) in [6, 6.07) is 4.10. The summed E-state index contributed by atoms with van der Waals surface area (Å²) in [6.07, 6.45) is 5.30. The number of ether oxygens (including phenoxy) is 2. The molecule has 21 heavy (non-hydrogen) atoms. The smallest absolute Gasteiger partial charge is 0.231 e. The highest BCUT2D eigenvalue weighted by Gasteiger charge is 2.29. The van der Waals surface area contributed by atoms with Crippen LogP contribution in [0.4, 0.5) is 0 Å². The van der Waals surface area contributed by atoms with Crippen molar-refractivity contribution < 1.29 is 14.3 Å². The molecule has 0 aromatic heterocycles. The first-order chi connectivity index (χ1) is 10.2. The van der Waals surface area contributed by atoms with E-state index < -0.39 is 0 Å². The molecule has 0 saturated carbocycles. The molecule has 0 bridgehead atoms. The van der Waals surface area contributed by atoms with Crippen LogP contribution in [0.25, 0.3) is 0 Å². The number of hydrogen-bond acceptors (Lipinski definition) is 3. The van der Waals surface area contributed by atoms with E-state index in [0.29, 0.717) is 13.3 Å². The van der Waals surface area contributed by atoms with Crippen LogP contribution in [-0.2, 0) is 17.8 Å².